The molecule has 0 radical (unpaired) electrons. The lowest BCUT2D eigenvalue weighted by atomic mass is 10.2. The number of aromatic nitrogens is 2. The lowest BCUT2D eigenvalue weighted by Gasteiger charge is -2.38. The Bertz CT molecular complexity index is 1010. The number of hydrogen-bond donors (Lipinski definition) is 2. The summed E-state index contributed by atoms with van der Waals surface area (Å²) in [7, 11) is 0. The molecule has 0 amide bonds. The van der Waals surface area contributed by atoms with Gasteiger partial charge in [0.05, 0.1) is 11.9 Å². The van der Waals surface area contributed by atoms with Crippen LogP contribution >= 0.6 is 0 Å². The number of nitrogens with zero attached hydrogens (tertiary/aromatic N) is 5. The van der Waals surface area contributed by atoms with Crippen LogP contribution in [0.15, 0.2) is 59.8 Å². The Balaban J connectivity index is 1.31. The summed E-state index contributed by atoms with van der Waals surface area (Å²) in [6, 6.07) is 18.3. The molecule has 0 bridgehead atoms. The molecule has 1 aliphatic heterocycles. The molecular formula is C23H27N7O. The Kier molecular flexibility index (Phi) is 6.16. The third kappa shape index (κ3) is 5.03. The van der Waals surface area contributed by atoms with Crippen LogP contribution in [0.5, 0.6) is 0 Å². The third-order valence-electron chi connectivity index (χ3n) is 5.31. The molecule has 1 aliphatic rings. The molecule has 4 rings (SSSR count). The number of nitrogens with two attached hydrogens (primary N) is 2. The van der Waals surface area contributed by atoms with Crippen LogP contribution in [0.25, 0.3) is 0 Å². The molecule has 1 fully saturated rings. The zero-order valence-corrected chi connectivity index (χ0v) is 17.6. The molecule has 8 heteroatoms. The van der Waals surface area contributed by atoms with Crippen LogP contribution in [0.3, 0.4) is 0 Å². The first-order valence-corrected chi connectivity index (χ1v) is 10.3. The van der Waals surface area contributed by atoms with E-state index in [1.54, 1.807) is 6.21 Å². The van der Waals surface area contributed by atoms with Crippen molar-refractivity contribution in [1.29, 1.82) is 0 Å². The first kappa shape index (κ1) is 20.5. The van der Waals surface area contributed by atoms with Crippen molar-refractivity contribution in [1.82, 2.24) is 9.97 Å². The molecule has 0 spiro atoms. The van der Waals surface area contributed by atoms with Gasteiger partial charge in [0.1, 0.15) is 12.3 Å². The molecule has 31 heavy (non-hydrogen) atoms. The van der Waals surface area contributed by atoms with Crippen molar-refractivity contribution in [3.63, 3.8) is 0 Å². The number of piperazine rings is 1. The predicted molar refractivity (Wildman–Crippen MR) is 125 cm³/mol. The number of benzene rings is 2. The zero-order valence-electron chi connectivity index (χ0n) is 17.6. The fourth-order valence-corrected chi connectivity index (χ4v) is 3.75. The maximum Gasteiger partial charge on any atom is 0.222 e. The zero-order chi connectivity index (χ0) is 21.6. The lowest BCUT2D eigenvalue weighted by Crippen LogP contribution is -2.47. The number of oxime groups is 1. The van der Waals surface area contributed by atoms with Gasteiger partial charge in [0.2, 0.25) is 5.95 Å². The second-order valence-corrected chi connectivity index (χ2v) is 7.46. The minimum Gasteiger partial charge on any atom is -0.391 e. The summed E-state index contributed by atoms with van der Waals surface area (Å²) in [5.41, 5.74) is 16.8. The van der Waals surface area contributed by atoms with Gasteiger partial charge in [-0.15, -0.1) is 0 Å². The van der Waals surface area contributed by atoms with Crippen molar-refractivity contribution in [3.8, 4) is 0 Å². The largest absolute Gasteiger partial charge is 0.391 e. The molecule has 160 valence electrons. The van der Waals surface area contributed by atoms with E-state index < -0.39 is 0 Å². The Morgan fingerprint density at radius 1 is 0.935 bits per heavy atom. The van der Waals surface area contributed by atoms with Gasteiger partial charge in [-0.1, -0.05) is 47.6 Å². The van der Waals surface area contributed by atoms with E-state index in [4.69, 9.17) is 16.3 Å². The van der Waals surface area contributed by atoms with Crippen molar-refractivity contribution in [2.75, 3.05) is 47.4 Å². The molecule has 4 N–H and O–H groups in total. The maximum absolute atomic E-state index is 6.09. The highest BCUT2D eigenvalue weighted by Crippen LogP contribution is 2.27. The average molecular weight is 418 g/mol. The number of nitrogen functional groups attached to an aromatic ring is 2. The van der Waals surface area contributed by atoms with Crippen molar-refractivity contribution >= 4 is 29.4 Å². The van der Waals surface area contributed by atoms with E-state index in [-0.39, 0.29) is 5.95 Å². The fourth-order valence-electron chi connectivity index (χ4n) is 3.75. The van der Waals surface area contributed by atoms with E-state index in [0.29, 0.717) is 12.4 Å². The Morgan fingerprint density at radius 2 is 1.61 bits per heavy atom. The van der Waals surface area contributed by atoms with Crippen LogP contribution in [0.2, 0.25) is 0 Å². The second kappa shape index (κ2) is 9.34. The van der Waals surface area contributed by atoms with Crippen LogP contribution < -0.4 is 21.3 Å². The van der Waals surface area contributed by atoms with Crippen LogP contribution in [-0.2, 0) is 11.4 Å². The van der Waals surface area contributed by atoms with Crippen LogP contribution in [0, 0.1) is 6.92 Å². The van der Waals surface area contributed by atoms with Gasteiger partial charge in [0.25, 0.3) is 0 Å². The van der Waals surface area contributed by atoms with E-state index in [9.17, 15) is 0 Å². The average Bonchev–Trinajstić information content (AvgIpc) is 2.78. The van der Waals surface area contributed by atoms with Gasteiger partial charge in [-0.05, 0) is 30.2 Å². The molecule has 2 heterocycles. The highest BCUT2D eigenvalue weighted by molar-refractivity contribution is 5.80. The van der Waals surface area contributed by atoms with Crippen LogP contribution in [0.1, 0.15) is 16.8 Å². The summed E-state index contributed by atoms with van der Waals surface area (Å²) in [5.74, 6) is 0.656. The molecule has 2 aromatic carbocycles. The van der Waals surface area contributed by atoms with E-state index in [2.05, 4.69) is 37.1 Å². The van der Waals surface area contributed by atoms with Crippen molar-refractivity contribution in [3.05, 3.63) is 71.4 Å². The standard InChI is InChI=1S/C23H27N7O/c1-17-21(22(24)28-23(25)27-17)30-13-11-29(12-14-30)20-9-7-18(8-10-20)15-26-31-16-19-5-3-2-4-6-19/h2-10,15H,11-14,16H2,1H3,(H4,24,25,27,28)/b26-15+. The SMILES string of the molecule is Cc1nc(N)nc(N)c1N1CCN(c2ccc(/C=N/OCc3ccccc3)cc2)CC1. The van der Waals surface area contributed by atoms with E-state index in [0.717, 1.165) is 48.7 Å². The highest BCUT2D eigenvalue weighted by atomic mass is 16.6. The molecule has 0 unspecified atom stereocenters. The Labute approximate surface area is 182 Å². The first-order valence-electron chi connectivity index (χ1n) is 10.3. The predicted octanol–water partition coefficient (Wildman–Crippen LogP) is 2.83. The molecule has 0 atom stereocenters. The van der Waals surface area contributed by atoms with E-state index in [1.165, 1.54) is 5.69 Å². The van der Waals surface area contributed by atoms with Gasteiger partial charge in [-0.2, -0.15) is 4.98 Å². The molecular weight excluding hydrogens is 390 g/mol. The summed E-state index contributed by atoms with van der Waals surface area (Å²) in [5, 5.41) is 4.07. The monoisotopic (exact) mass is 417 g/mol. The summed E-state index contributed by atoms with van der Waals surface area (Å²) < 4.78 is 0. The van der Waals surface area contributed by atoms with Gasteiger partial charge >= 0.3 is 0 Å². The number of aryl methyl sites for hydroxylation is 1. The highest BCUT2D eigenvalue weighted by Gasteiger charge is 2.22. The summed E-state index contributed by atoms with van der Waals surface area (Å²) in [4.78, 5) is 18.3. The van der Waals surface area contributed by atoms with Gasteiger partial charge in [-0.3, -0.25) is 0 Å². The van der Waals surface area contributed by atoms with Crippen molar-refractivity contribution in [2.45, 2.75) is 13.5 Å². The quantitative estimate of drug-likeness (QED) is 0.469. The molecule has 1 saturated heterocycles. The topological polar surface area (TPSA) is 106 Å². The number of anilines is 4. The Hall–Kier alpha value is -3.81. The summed E-state index contributed by atoms with van der Waals surface area (Å²) in [6.45, 7) is 5.83. The van der Waals surface area contributed by atoms with Crippen molar-refractivity contribution < 1.29 is 4.84 Å². The number of rotatable bonds is 6. The summed E-state index contributed by atoms with van der Waals surface area (Å²) >= 11 is 0. The second-order valence-electron chi connectivity index (χ2n) is 7.46. The first-order chi connectivity index (χ1) is 15.1. The molecule has 3 aromatic rings. The minimum atomic E-state index is 0.214. The Morgan fingerprint density at radius 3 is 2.29 bits per heavy atom. The van der Waals surface area contributed by atoms with Gasteiger partial charge < -0.3 is 26.1 Å². The smallest absolute Gasteiger partial charge is 0.222 e. The molecule has 1 aromatic heterocycles. The normalized spacial score (nSPS) is 14.2. The fraction of sp³-hybridized carbons (Fsp3) is 0.261. The maximum atomic E-state index is 6.09. The lowest BCUT2D eigenvalue weighted by molar-refractivity contribution is 0.132. The van der Waals surface area contributed by atoms with Gasteiger partial charge in [-0.25, -0.2) is 4.98 Å². The summed E-state index contributed by atoms with van der Waals surface area (Å²) in [6.07, 6.45) is 1.73. The van der Waals surface area contributed by atoms with Crippen molar-refractivity contribution in [2.24, 2.45) is 5.16 Å². The van der Waals surface area contributed by atoms with Crippen LogP contribution in [-0.4, -0.2) is 42.4 Å². The molecule has 0 aliphatic carbocycles. The van der Waals surface area contributed by atoms with Gasteiger partial charge in [0, 0.05) is 31.9 Å². The minimum absolute atomic E-state index is 0.214. The van der Waals surface area contributed by atoms with E-state index >= 15 is 0 Å². The van der Waals surface area contributed by atoms with Gasteiger partial charge in [0.15, 0.2) is 5.82 Å². The third-order valence-corrected chi connectivity index (χ3v) is 5.31. The molecule has 0 saturated carbocycles. The molecule has 8 nitrogen and oxygen atoms in total. The van der Waals surface area contributed by atoms with E-state index in [1.807, 2.05) is 49.4 Å². The van der Waals surface area contributed by atoms with Crippen LogP contribution in [0.4, 0.5) is 23.1 Å². The number of hydrogen-bond acceptors (Lipinski definition) is 8.